The quantitative estimate of drug-likeness (QED) is 0.523. The van der Waals surface area contributed by atoms with Gasteiger partial charge >= 0.3 is 0 Å². The minimum absolute atomic E-state index is 0.417. The summed E-state index contributed by atoms with van der Waals surface area (Å²) in [7, 11) is -2.49. The van der Waals surface area contributed by atoms with Crippen LogP contribution in [0.25, 0.3) is 0 Å². The zero-order chi connectivity index (χ0) is 7.94. The summed E-state index contributed by atoms with van der Waals surface area (Å²) >= 11 is 5.20. The minimum Gasteiger partial charge on any atom is -0.269 e. The Morgan fingerprint density at radius 2 is 2.10 bits per heavy atom. The molecule has 0 saturated carbocycles. The third kappa shape index (κ3) is 0.819. The van der Waals surface area contributed by atoms with E-state index in [2.05, 4.69) is 0 Å². The summed E-state index contributed by atoms with van der Waals surface area (Å²) in [6, 6.07) is 0. The molecule has 0 spiro atoms. The monoisotopic (exact) mass is 181 g/mol. The zero-order valence-electron chi connectivity index (χ0n) is 5.04. The van der Waals surface area contributed by atoms with Crippen molar-refractivity contribution in [3.8, 4) is 0 Å². The number of carbonyl (C=O) groups excluding carboxylic acids is 1. The van der Waals surface area contributed by atoms with Crippen LogP contribution >= 0.6 is 11.6 Å². The van der Waals surface area contributed by atoms with Gasteiger partial charge in [-0.3, -0.25) is 4.79 Å². The molecule has 1 heterocycles. The number of rotatable bonds is 0. The van der Waals surface area contributed by atoms with E-state index < -0.39 is 20.3 Å². The van der Waals surface area contributed by atoms with Gasteiger partial charge in [-0.25, -0.2) is 12.7 Å². The van der Waals surface area contributed by atoms with Gasteiger partial charge in [-0.15, -0.1) is 0 Å². The van der Waals surface area contributed by atoms with Gasteiger partial charge in [-0.05, 0) is 0 Å². The van der Waals surface area contributed by atoms with Gasteiger partial charge in [-0.1, -0.05) is 11.6 Å². The summed E-state index contributed by atoms with van der Waals surface area (Å²) in [6.45, 7) is 0. The van der Waals surface area contributed by atoms with Crippen LogP contribution in [0.1, 0.15) is 0 Å². The molecule has 0 aromatic heterocycles. The smallest absolute Gasteiger partial charge is 0.269 e. The van der Waals surface area contributed by atoms with Crippen molar-refractivity contribution in [1.82, 2.24) is 4.31 Å². The summed E-state index contributed by atoms with van der Waals surface area (Å²) in [5, 5.41) is 0. The molecule has 6 heteroatoms. The average molecular weight is 182 g/mol. The Morgan fingerprint density at radius 1 is 1.60 bits per heavy atom. The Kier molecular flexibility index (Phi) is 1.48. The fourth-order valence-corrected chi connectivity index (χ4v) is 1.72. The van der Waals surface area contributed by atoms with Gasteiger partial charge in [0, 0.05) is 13.1 Å². The van der Waals surface area contributed by atoms with Gasteiger partial charge in [0.25, 0.3) is 15.9 Å². The molecule has 10 heavy (non-hydrogen) atoms. The van der Waals surface area contributed by atoms with E-state index >= 15 is 0 Å². The zero-order valence-corrected chi connectivity index (χ0v) is 6.61. The lowest BCUT2D eigenvalue weighted by Gasteiger charge is -2.05. The van der Waals surface area contributed by atoms with Gasteiger partial charge in [0.2, 0.25) is 0 Å². The standard InChI is InChI=1S/C4H4ClNO3S/c1-6-4(7)2-3(5)10(6,8)9/h2H,1H3. The molecule has 0 bridgehead atoms. The van der Waals surface area contributed by atoms with Crippen LogP contribution in [0.2, 0.25) is 0 Å². The Balaban J connectivity index is 3.26. The van der Waals surface area contributed by atoms with Crippen LogP contribution in [0.3, 0.4) is 0 Å². The number of hydrogen-bond donors (Lipinski definition) is 0. The highest BCUT2D eigenvalue weighted by Crippen LogP contribution is 2.22. The maximum absolute atomic E-state index is 10.8. The average Bonchev–Trinajstić information content (AvgIpc) is 1.97. The molecule has 1 aliphatic rings. The summed E-state index contributed by atoms with van der Waals surface area (Å²) in [6.07, 6.45) is 0.872. The third-order valence-corrected chi connectivity index (χ3v) is 3.36. The second kappa shape index (κ2) is 1.96. The molecule has 56 valence electrons. The fraction of sp³-hybridized carbons (Fsp3) is 0.250. The van der Waals surface area contributed by atoms with E-state index in [9.17, 15) is 13.2 Å². The molecular formula is C4H4ClNO3S. The Bertz CT molecular complexity index is 304. The number of sulfonamides is 1. The molecule has 0 unspecified atom stereocenters. The lowest BCUT2D eigenvalue weighted by Crippen LogP contribution is -2.25. The topological polar surface area (TPSA) is 54.5 Å². The van der Waals surface area contributed by atoms with E-state index in [1.54, 1.807) is 0 Å². The molecule has 0 saturated heterocycles. The van der Waals surface area contributed by atoms with Gasteiger partial charge in [-0.2, -0.15) is 0 Å². The van der Waals surface area contributed by atoms with Crippen molar-refractivity contribution >= 4 is 27.5 Å². The van der Waals surface area contributed by atoms with Crippen molar-refractivity contribution in [2.45, 2.75) is 0 Å². The summed E-state index contributed by atoms with van der Waals surface area (Å²) in [4.78, 5) is 10.6. The number of hydrogen-bond acceptors (Lipinski definition) is 3. The summed E-state index contributed by atoms with van der Waals surface area (Å²) < 4.78 is 21.8. The van der Waals surface area contributed by atoms with Crippen molar-refractivity contribution in [1.29, 1.82) is 0 Å². The normalized spacial score (nSPS) is 23.2. The molecule has 0 N–H and O–H groups in total. The molecule has 1 amide bonds. The van der Waals surface area contributed by atoms with Crippen LogP contribution in [0.4, 0.5) is 0 Å². The fourth-order valence-electron chi connectivity index (χ4n) is 0.512. The van der Waals surface area contributed by atoms with E-state index in [1.807, 2.05) is 0 Å². The molecular weight excluding hydrogens is 178 g/mol. The first-order valence-electron chi connectivity index (χ1n) is 2.36. The van der Waals surface area contributed by atoms with Crippen LogP contribution in [-0.4, -0.2) is 25.7 Å². The predicted molar refractivity (Wildman–Crippen MR) is 35.6 cm³/mol. The van der Waals surface area contributed by atoms with Crippen molar-refractivity contribution in [3.63, 3.8) is 0 Å². The highest BCUT2D eigenvalue weighted by atomic mass is 35.5. The van der Waals surface area contributed by atoms with Gasteiger partial charge < -0.3 is 0 Å². The van der Waals surface area contributed by atoms with Crippen molar-refractivity contribution in [3.05, 3.63) is 10.4 Å². The molecule has 4 nitrogen and oxygen atoms in total. The predicted octanol–water partition coefficient (Wildman–Crippen LogP) is -0.132. The molecule has 1 rings (SSSR count). The number of likely N-dealkylation sites (N-methyl/N-ethyl adjacent to an activating group) is 1. The van der Waals surface area contributed by atoms with Crippen LogP contribution in [0.5, 0.6) is 0 Å². The van der Waals surface area contributed by atoms with E-state index in [0.29, 0.717) is 4.31 Å². The Labute approximate surface area is 63.1 Å². The van der Waals surface area contributed by atoms with Crippen molar-refractivity contribution < 1.29 is 13.2 Å². The minimum atomic E-state index is -3.64. The highest BCUT2D eigenvalue weighted by Gasteiger charge is 2.32. The van der Waals surface area contributed by atoms with E-state index in [-0.39, 0.29) is 0 Å². The Morgan fingerprint density at radius 3 is 2.20 bits per heavy atom. The maximum Gasteiger partial charge on any atom is 0.277 e. The lowest BCUT2D eigenvalue weighted by molar-refractivity contribution is -0.120. The van der Waals surface area contributed by atoms with Crippen LogP contribution in [0.15, 0.2) is 10.4 Å². The number of amides is 1. The molecule has 0 fully saturated rings. The Hall–Kier alpha value is -0.550. The number of carbonyl (C=O) groups is 1. The second-order valence-corrected chi connectivity index (χ2v) is 4.33. The molecule has 0 atom stereocenters. The summed E-state index contributed by atoms with van der Waals surface area (Å²) in [5.41, 5.74) is 0. The maximum atomic E-state index is 10.8. The van der Waals surface area contributed by atoms with Gasteiger partial charge in [0.15, 0.2) is 4.36 Å². The third-order valence-electron chi connectivity index (χ3n) is 1.15. The van der Waals surface area contributed by atoms with Crippen LogP contribution in [-0.2, 0) is 14.8 Å². The molecule has 0 aromatic carbocycles. The molecule has 1 aliphatic heterocycles. The first-order valence-corrected chi connectivity index (χ1v) is 4.18. The first-order chi connectivity index (χ1) is 4.46. The number of nitrogens with zero attached hydrogens (tertiary/aromatic N) is 1. The largest absolute Gasteiger partial charge is 0.277 e. The van der Waals surface area contributed by atoms with E-state index in [4.69, 9.17) is 11.6 Å². The van der Waals surface area contributed by atoms with Crippen molar-refractivity contribution in [2.75, 3.05) is 7.05 Å². The van der Waals surface area contributed by atoms with Gasteiger partial charge in [0.05, 0.1) is 0 Å². The first kappa shape index (κ1) is 7.56. The highest BCUT2D eigenvalue weighted by molar-refractivity contribution is 7.95. The van der Waals surface area contributed by atoms with Crippen LogP contribution in [0, 0.1) is 0 Å². The van der Waals surface area contributed by atoms with Crippen LogP contribution < -0.4 is 0 Å². The number of halogens is 1. The molecule has 0 aromatic rings. The molecule has 0 aliphatic carbocycles. The van der Waals surface area contributed by atoms with Gasteiger partial charge in [0.1, 0.15) is 0 Å². The van der Waals surface area contributed by atoms with E-state index in [0.717, 1.165) is 13.1 Å². The van der Waals surface area contributed by atoms with Crippen molar-refractivity contribution in [2.24, 2.45) is 0 Å². The van der Waals surface area contributed by atoms with E-state index in [1.165, 1.54) is 0 Å². The lowest BCUT2D eigenvalue weighted by atomic mass is 10.6. The summed E-state index contributed by atoms with van der Waals surface area (Å²) in [5.74, 6) is -0.606. The second-order valence-electron chi connectivity index (χ2n) is 1.76. The molecule has 0 radical (unpaired) electrons. The SMILES string of the molecule is CN1C(=O)C=C(Cl)S1(=O)=O.